The van der Waals surface area contributed by atoms with E-state index < -0.39 is 29.8 Å². The molecule has 0 aliphatic rings. The van der Waals surface area contributed by atoms with E-state index in [0.29, 0.717) is 12.3 Å². The Morgan fingerprint density at radius 3 is 2.59 bits per heavy atom. The minimum absolute atomic E-state index is 0.0689. The van der Waals surface area contributed by atoms with Crippen LogP contribution in [0.3, 0.4) is 0 Å². The molecule has 0 saturated heterocycles. The maximum Gasteiger partial charge on any atom is 0.417 e. The van der Waals surface area contributed by atoms with Gasteiger partial charge in [-0.25, -0.2) is 0 Å². The molecule has 0 fully saturated rings. The van der Waals surface area contributed by atoms with Crippen LogP contribution in [0.1, 0.15) is 45.1 Å². The van der Waals surface area contributed by atoms with Gasteiger partial charge in [-0.1, -0.05) is 26.2 Å². The predicted octanol–water partition coefficient (Wildman–Crippen LogP) is 2.95. The van der Waals surface area contributed by atoms with Crippen molar-refractivity contribution in [2.45, 2.75) is 58.3 Å². The van der Waals surface area contributed by atoms with Gasteiger partial charge in [0.15, 0.2) is 0 Å². The van der Waals surface area contributed by atoms with Gasteiger partial charge in [0.2, 0.25) is 5.91 Å². The van der Waals surface area contributed by atoms with Gasteiger partial charge in [0.25, 0.3) is 5.56 Å². The molecule has 22 heavy (non-hydrogen) atoms. The Kier molecular flexibility index (Phi) is 6.64. The van der Waals surface area contributed by atoms with Crippen LogP contribution in [0.4, 0.5) is 13.2 Å². The van der Waals surface area contributed by atoms with Crippen molar-refractivity contribution in [3.05, 3.63) is 34.2 Å². The Bertz CT molecular complexity index is 552. The first-order chi connectivity index (χ1) is 10.2. The van der Waals surface area contributed by atoms with Gasteiger partial charge in [0.05, 0.1) is 5.56 Å². The molecule has 7 heteroatoms. The number of aromatic nitrogens is 1. The van der Waals surface area contributed by atoms with Crippen molar-refractivity contribution in [1.82, 2.24) is 9.88 Å². The maximum atomic E-state index is 12.6. The minimum atomic E-state index is -4.54. The molecule has 0 saturated carbocycles. The highest BCUT2D eigenvalue weighted by Crippen LogP contribution is 2.27. The molecule has 0 aromatic carbocycles. The molecule has 1 atom stereocenters. The summed E-state index contributed by atoms with van der Waals surface area (Å²) in [6.07, 6.45) is 0.0369. The smallest absolute Gasteiger partial charge is 0.352 e. The Morgan fingerprint density at radius 1 is 1.32 bits per heavy atom. The molecule has 1 unspecified atom stereocenters. The number of alkyl halides is 3. The summed E-state index contributed by atoms with van der Waals surface area (Å²) in [6, 6.07) is 1.46. The largest absolute Gasteiger partial charge is 0.417 e. The zero-order chi connectivity index (χ0) is 16.8. The van der Waals surface area contributed by atoms with Gasteiger partial charge in [-0.15, -0.1) is 0 Å². The first-order valence-corrected chi connectivity index (χ1v) is 7.31. The summed E-state index contributed by atoms with van der Waals surface area (Å²) >= 11 is 0. The van der Waals surface area contributed by atoms with Crippen molar-refractivity contribution in [3.63, 3.8) is 0 Å². The lowest BCUT2D eigenvalue weighted by molar-refractivity contribution is -0.138. The maximum absolute atomic E-state index is 12.6. The molecular formula is C15H21F3N2O2. The predicted molar refractivity (Wildman–Crippen MR) is 77.5 cm³/mol. The SMILES string of the molecule is CCCCCC(C)NC(=O)Cn1cc(C(F)(F)F)ccc1=O. The van der Waals surface area contributed by atoms with E-state index in [1.807, 2.05) is 6.92 Å². The Hall–Kier alpha value is -1.79. The molecule has 0 aliphatic carbocycles. The molecule has 1 rings (SSSR count). The average Bonchev–Trinajstić information content (AvgIpc) is 2.40. The van der Waals surface area contributed by atoms with Crippen LogP contribution in [0.2, 0.25) is 0 Å². The number of hydrogen-bond acceptors (Lipinski definition) is 2. The topological polar surface area (TPSA) is 51.1 Å². The lowest BCUT2D eigenvalue weighted by Gasteiger charge is -2.15. The molecular weight excluding hydrogens is 297 g/mol. The van der Waals surface area contributed by atoms with E-state index in [1.165, 1.54) is 0 Å². The van der Waals surface area contributed by atoms with E-state index in [0.717, 1.165) is 36.3 Å². The summed E-state index contributed by atoms with van der Waals surface area (Å²) in [4.78, 5) is 23.4. The van der Waals surface area contributed by atoms with Crippen molar-refractivity contribution >= 4 is 5.91 Å². The standard InChI is InChI=1S/C15H21F3N2O2/c1-3-4-5-6-11(2)19-13(21)10-20-9-12(15(16,17)18)7-8-14(20)22/h7-9,11H,3-6,10H2,1-2H3,(H,19,21). The molecule has 124 valence electrons. The third-order valence-electron chi connectivity index (χ3n) is 3.27. The zero-order valence-electron chi connectivity index (χ0n) is 12.7. The van der Waals surface area contributed by atoms with Crippen LogP contribution in [-0.2, 0) is 17.5 Å². The van der Waals surface area contributed by atoms with Crippen molar-refractivity contribution in [2.75, 3.05) is 0 Å². The number of carbonyl (C=O) groups excluding carboxylic acids is 1. The molecule has 1 aromatic rings. The number of amides is 1. The quantitative estimate of drug-likeness (QED) is 0.786. The van der Waals surface area contributed by atoms with Crippen LogP contribution in [0.5, 0.6) is 0 Å². The molecule has 0 spiro atoms. The van der Waals surface area contributed by atoms with Gasteiger partial charge in [-0.05, 0) is 19.4 Å². The van der Waals surface area contributed by atoms with Crippen LogP contribution in [-0.4, -0.2) is 16.5 Å². The molecule has 0 radical (unpaired) electrons. The van der Waals surface area contributed by atoms with E-state index in [2.05, 4.69) is 12.2 Å². The number of unbranched alkanes of at least 4 members (excludes halogenated alkanes) is 2. The first kappa shape index (κ1) is 18.3. The molecule has 1 heterocycles. The Morgan fingerprint density at radius 2 is 2.00 bits per heavy atom. The number of carbonyl (C=O) groups is 1. The first-order valence-electron chi connectivity index (χ1n) is 7.31. The van der Waals surface area contributed by atoms with E-state index in [9.17, 15) is 22.8 Å². The fourth-order valence-electron chi connectivity index (χ4n) is 2.07. The highest BCUT2D eigenvalue weighted by molar-refractivity contribution is 5.76. The number of hydrogen-bond donors (Lipinski definition) is 1. The number of rotatable bonds is 7. The van der Waals surface area contributed by atoms with Gasteiger partial charge in [-0.3, -0.25) is 9.59 Å². The lowest BCUT2D eigenvalue weighted by atomic mass is 10.1. The highest BCUT2D eigenvalue weighted by atomic mass is 19.4. The normalized spacial score (nSPS) is 13.0. The van der Waals surface area contributed by atoms with Crippen molar-refractivity contribution in [2.24, 2.45) is 0 Å². The fourth-order valence-corrected chi connectivity index (χ4v) is 2.07. The van der Waals surface area contributed by atoms with Crippen LogP contribution in [0.15, 0.2) is 23.1 Å². The minimum Gasteiger partial charge on any atom is -0.352 e. The molecule has 4 nitrogen and oxygen atoms in total. The van der Waals surface area contributed by atoms with Crippen LogP contribution < -0.4 is 10.9 Å². The second kappa shape index (κ2) is 8.00. The van der Waals surface area contributed by atoms with Gasteiger partial charge < -0.3 is 9.88 Å². The van der Waals surface area contributed by atoms with Crippen LogP contribution in [0.25, 0.3) is 0 Å². The van der Waals surface area contributed by atoms with Gasteiger partial charge >= 0.3 is 6.18 Å². The van der Waals surface area contributed by atoms with Gasteiger partial charge in [0.1, 0.15) is 6.54 Å². The molecule has 0 aliphatic heterocycles. The fraction of sp³-hybridized carbons (Fsp3) is 0.600. The Balaban J connectivity index is 2.66. The third-order valence-corrected chi connectivity index (χ3v) is 3.27. The average molecular weight is 318 g/mol. The van der Waals surface area contributed by atoms with Gasteiger partial charge in [-0.2, -0.15) is 13.2 Å². The highest BCUT2D eigenvalue weighted by Gasteiger charge is 2.31. The summed E-state index contributed by atoms with van der Waals surface area (Å²) in [5.74, 6) is -0.467. The molecule has 1 amide bonds. The molecule has 0 bridgehead atoms. The zero-order valence-corrected chi connectivity index (χ0v) is 12.7. The number of halogens is 3. The molecule has 1 N–H and O–H groups in total. The third kappa shape index (κ3) is 5.91. The summed E-state index contributed by atoms with van der Waals surface area (Å²) in [7, 11) is 0. The summed E-state index contributed by atoms with van der Waals surface area (Å²) in [5.41, 5.74) is -1.59. The molecule has 1 aromatic heterocycles. The summed E-state index contributed by atoms with van der Waals surface area (Å²) < 4.78 is 38.6. The van der Waals surface area contributed by atoms with E-state index in [1.54, 1.807) is 0 Å². The number of nitrogens with one attached hydrogen (secondary N) is 1. The number of nitrogens with zero attached hydrogens (tertiary/aromatic N) is 1. The number of pyridine rings is 1. The summed E-state index contributed by atoms with van der Waals surface area (Å²) in [6.45, 7) is 3.49. The van der Waals surface area contributed by atoms with Gasteiger partial charge in [0, 0.05) is 18.3 Å². The van der Waals surface area contributed by atoms with Crippen LogP contribution >= 0.6 is 0 Å². The lowest BCUT2D eigenvalue weighted by Crippen LogP contribution is -2.37. The van der Waals surface area contributed by atoms with Crippen molar-refractivity contribution in [1.29, 1.82) is 0 Å². The second-order valence-corrected chi connectivity index (χ2v) is 5.35. The van der Waals surface area contributed by atoms with E-state index in [4.69, 9.17) is 0 Å². The van der Waals surface area contributed by atoms with Crippen LogP contribution in [0, 0.1) is 0 Å². The monoisotopic (exact) mass is 318 g/mol. The second-order valence-electron chi connectivity index (χ2n) is 5.35. The van der Waals surface area contributed by atoms with Crippen molar-refractivity contribution < 1.29 is 18.0 Å². The van der Waals surface area contributed by atoms with Crippen molar-refractivity contribution in [3.8, 4) is 0 Å². The van der Waals surface area contributed by atoms with E-state index in [-0.39, 0.29) is 6.04 Å². The Labute approximate surface area is 127 Å². The summed E-state index contributed by atoms with van der Waals surface area (Å²) in [5, 5.41) is 2.69. The van der Waals surface area contributed by atoms with E-state index >= 15 is 0 Å².